The highest BCUT2D eigenvalue weighted by atomic mass is 32.2. The Morgan fingerprint density at radius 3 is 2.45 bits per heavy atom. The Morgan fingerprint density at radius 1 is 1.07 bits per heavy atom. The Morgan fingerprint density at radius 2 is 1.81 bits per heavy atom. The van der Waals surface area contributed by atoms with Gasteiger partial charge in [-0.1, -0.05) is 69.1 Å². The van der Waals surface area contributed by atoms with Crippen LogP contribution in [-0.2, 0) is 19.4 Å². The van der Waals surface area contributed by atoms with Gasteiger partial charge in [-0.05, 0) is 104 Å². The fourth-order valence-electron chi connectivity index (χ4n) is 4.64. The second-order valence-corrected chi connectivity index (χ2v) is 10.9. The number of hydrogen-bond donors (Lipinski definition) is 4. The van der Waals surface area contributed by atoms with Gasteiger partial charge in [0, 0.05) is 47.0 Å². The molecule has 0 amide bonds. The highest BCUT2D eigenvalue weighted by Gasteiger charge is 2.09. The molecular formula is C35H46FN5S. The zero-order valence-electron chi connectivity index (χ0n) is 25.7. The number of pyridine rings is 1. The van der Waals surface area contributed by atoms with Crippen molar-refractivity contribution in [2.45, 2.75) is 59.9 Å². The summed E-state index contributed by atoms with van der Waals surface area (Å²) in [4.78, 5) is 4.32. The standard InChI is InChI=1S/C21H24N2.C12H17FN2S.C2H5N/c1-3-5-16-6-4-7-17(10-16)11-20-13-18(14-22-2)12-19-8-9-23-15-21(19)20;1-4-5-16-15-10-6-8(2)12(9(3)14)11(13)7-10;1-2-3/h4,6-10,12-13,15,22H,3,5,11,14H2,1-2H3;6-7,15H,3-5,14H2,1-2H3;2-3H,1H3. The number of hydrogen-bond acceptors (Lipinski definition) is 6. The van der Waals surface area contributed by atoms with Crippen LogP contribution in [0.15, 0.2) is 73.6 Å². The van der Waals surface area contributed by atoms with Crippen molar-refractivity contribution < 1.29 is 4.39 Å². The third-order valence-electron chi connectivity index (χ3n) is 6.31. The minimum Gasteiger partial charge on any atom is -0.399 e. The van der Waals surface area contributed by atoms with Gasteiger partial charge in [0.1, 0.15) is 5.82 Å². The van der Waals surface area contributed by atoms with E-state index in [1.54, 1.807) is 18.9 Å². The third-order valence-corrected chi connectivity index (χ3v) is 7.30. The molecular weight excluding hydrogens is 541 g/mol. The number of nitrogens with two attached hydrogens (primary N) is 1. The minimum atomic E-state index is -0.327. The van der Waals surface area contributed by atoms with Crippen LogP contribution >= 0.6 is 11.9 Å². The van der Waals surface area contributed by atoms with Gasteiger partial charge in [0.25, 0.3) is 0 Å². The number of benzene rings is 3. The highest BCUT2D eigenvalue weighted by Crippen LogP contribution is 2.25. The summed E-state index contributed by atoms with van der Waals surface area (Å²) in [5, 5.41) is 11.9. The van der Waals surface area contributed by atoms with Crippen LogP contribution in [0.2, 0.25) is 0 Å². The predicted octanol–water partition coefficient (Wildman–Crippen LogP) is 8.69. The van der Waals surface area contributed by atoms with Crippen molar-refractivity contribution in [2.24, 2.45) is 5.73 Å². The SMILES string of the molecule is C=C(N)c1c(C)cc(NSCCC)cc1F.CC=N.CCCc1cccc(Cc2cc(CNC)cc3ccncc23)c1. The maximum atomic E-state index is 13.7. The van der Waals surface area contributed by atoms with Gasteiger partial charge in [-0.3, -0.25) is 4.98 Å². The molecule has 0 bridgehead atoms. The van der Waals surface area contributed by atoms with Gasteiger partial charge in [0.15, 0.2) is 0 Å². The Kier molecular flexibility index (Phi) is 15.4. The number of nitrogens with zero attached hydrogens (tertiary/aromatic N) is 1. The van der Waals surface area contributed by atoms with Crippen LogP contribution in [0.25, 0.3) is 16.5 Å². The van der Waals surface area contributed by atoms with Crippen molar-refractivity contribution in [1.82, 2.24) is 10.3 Å². The molecule has 3 aromatic carbocycles. The van der Waals surface area contributed by atoms with Crippen LogP contribution in [0, 0.1) is 18.2 Å². The largest absolute Gasteiger partial charge is 0.399 e. The van der Waals surface area contributed by atoms with Gasteiger partial charge >= 0.3 is 0 Å². The molecule has 0 unspecified atom stereocenters. The zero-order valence-corrected chi connectivity index (χ0v) is 26.5. The summed E-state index contributed by atoms with van der Waals surface area (Å²) < 4.78 is 16.8. The fraction of sp³-hybridized carbons (Fsp3) is 0.314. The average molecular weight is 588 g/mol. The second-order valence-electron chi connectivity index (χ2n) is 10.0. The van der Waals surface area contributed by atoms with Crippen LogP contribution in [-0.4, -0.2) is 24.0 Å². The van der Waals surface area contributed by atoms with E-state index in [4.69, 9.17) is 11.1 Å². The monoisotopic (exact) mass is 587 g/mol. The van der Waals surface area contributed by atoms with Gasteiger partial charge in [-0.15, -0.1) is 0 Å². The molecule has 1 aromatic heterocycles. The lowest BCUT2D eigenvalue weighted by molar-refractivity contribution is 0.623. The number of aryl methyl sites for hydroxylation is 2. The number of rotatable bonds is 11. The number of nitrogens with one attached hydrogen (secondary N) is 3. The number of halogens is 1. The highest BCUT2D eigenvalue weighted by molar-refractivity contribution is 8.00. The summed E-state index contributed by atoms with van der Waals surface area (Å²) in [5.41, 5.74) is 13.3. The van der Waals surface area contributed by atoms with Crippen molar-refractivity contribution in [2.75, 3.05) is 17.5 Å². The van der Waals surface area contributed by atoms with Crippen molar-refractivity contribution in [1.29, 1.82) is 5.41 Å². The molecule has 0 aliphatic heterocycles. The fourth-order valence-corrected chi connectivity index (χ4v) is 5.24. The van der Waals surface area contributed by atoms with E-state index in [0.29, 0.717) is 5.56 Å². The smallest absolute Gasteiger partial charge is 0.134 e. The van der Waals surface area contributed by atoms with E-state index < -0.39 is 0 Å². The first-order chi connectivity index (χ1) is 20.3. The van der Waals surface area contributed by atoms with Gasteiger partial charge in [0.2, 0.25) is 0 Å². The average Bonchev–Trinajstić information content (AvgIpc) is 2.94. The van der Waals surface area contributed by atoms with E-state index >= 15 is 0 Å². The van der Waals surface area contributed by atoms with E-state index in [-0.39, 0.29) is 11.5 Å². The van der Waals surface area contributed by atoms with Crippen LogP contribution in [0.4, 0.5) is 10.1 Å². The van der Waals surface area contributed by atoms with Crippen molar-refractivity contribution in [3.8, 4) is 0 Å². The Hall–Kier alpha value is -3.68. The lowest BCUT2D eigenvalue weighted by Crippen LogP contribution is -2.06. The van der Waals surface area contributed by atoms with Gasteiger partial charge in [-0.2, -0.15) is 0 Å². The summed E-state index contributed by atoms with van der Waals surface area (Å²) in [6.45, 7) is 12.3. The lowest BCUT2D eigenvalue weighted by atomic mass is 9.95. The Balaban J connectivity index is 0.000000284. The molecule has 0 saturated heterocycles. The second kappa shape index (κ2) is 18.7. The summed E-state index contributed by atoms with van der Waals surface area (Å²) in [6, 6.07) is 19.0. The maximum absolute atomic E-state index is 13.7. The molecule has 42 heavy (non-hydrogen) atoms. The molecule has 0 aliphatic rings. The van der Waals surface area contributed by atoms with Gasteiger partial charge < -0.3 is 21.2 Å². The molecule has 1 heterocycles. The molecule has 5 N–H and O–H groups in total. The summed E-state index contributed by atoms with van der Waals surface area (Å²) in [7, 11) is 1.99. The number of aromatic nitrogens is 1. The molecule has 5 nitrogen and oxygen atoms in total. The first kappa shape index (κ1) is 34.5. The predicted molar refractivity (Wildman–Crippen MR) is 183 cm³/mol. The number of fused-ring (bicyclic) bond motifs is 1. The number of anilines is 1. The summed E-state index contributed by atoms with van der Waals surface area (Å²) in [6.07, 6.45) is 9.48. The topological polar surface area (TPSA) is 86.8 Å². The first-order valence-corrected chi connectivity index (χ1v) is 15.4. The van der Waals surface area contributed by atoms with E-state index in [9.17, 15) is 4.39 Å². The molecule has 224 valence electrons. The Labute approximate surface area is 255 Å². The Bertz CT molecular complexity index is 1410. The summed E-state index contributed by atoms with van der Waals surface area (Å²) >= 11 is 1.57. The molecule has 4 aromatic rings. The maximum Gasteiger partial charge on any atom is 0.134 e. The van der Waals surface area contributed by atoms with E-state index in [0.717, 1.165) is 42.8 Å². The van der Waals surface area contributed by atoms with Crippen LogP contribution in [0.5, 0.6) is 0 Å². The third kappa shape index (κ3) is 11.0. The van der Waals surface area contributed by atoms with E-state index in [2.05, 4.69) is 77.9 Å². The molecule has 0 saturated carbocycles. The van der Waals surface area contributed by atoms with E-state index in [1.807, 2.05) is 32.4 Å². The summed E-state index contributed by atoms with van der Waals surface area (Å²) in [5.74, 6) is 0.665. The van der Waals surface area contributed by atoms with Crippen LogP contribution < -0.4 is 15.8 Å². The lowest BCUT2D eigenvalue weighted by Gasteiger charge is -2.11. The first-order valence-electron chi connectivity index (χ1n) is 14.4. The van der Waals surface area contributed by atoms with Gasteiger partial charge in [-0.25, -0.2) is 4.39 Å². The van der Waals surface area contributed by atoms with Crippen molar-refractivity contribution in [3.63, 3.8) is 0 Å². The molecule has 4 rings (SSSR count). The quantitative estimate of drug-likeness (QED) is 0.0801. The molecule has 0 spiro atoms. The minimum absolute atomic E-state index is 0.266. The molecule has 0 fully saturated rings. The molecule has 0 atom stereocenters. The van der Waals surface area contributed by atoms with Crippen molar-refractivity contribution in [3.05, 3.63) is 113 Å². The van der Waals surface area contributed by atoms with Crippen LogP contribution in [0.1, 0.15) is 67.0 Å². The van der Waals surface area contributed by atoms with Gasteiger partial charge in [0.05, 0.1) is 0 Å². The normalized spacial score (nSPS) is 10.2. The van der Waals surface area contributed by atoms with Crippen LogP contribution in [0.3, 0.4) is 0 Å². The molecule has 0 aliphatic carbocycles. The van der Waals surface area contributed by atoms with E-state index in [1.165, 1.54) is 51.7 Å². The molecule has 0 radical (unpaired) electrons. The molecule has 7 heteroatoms. The zero-order chi connectivity index (χ0) is 30.9. The van der Waals surface area contributed by atoms with Crippen molar-refractivity contribution >= 4 is 40.3 Å².